The van der Waals surface area contributed by atoms with Crippen LogP contribution in [0, 0.1) is 17.5 Å². The first-order valence-electron chi connectivity index (χ1n) is 12.6. The molecule has 2 amide bonds. The highest BCUT2D eigenvalue weighted by Gasteiger charge is 2.27. The van der Waals surface area contributed by atoms with Crippen LogP contribution in [0.4, 0.5) is 34.1 Å². The van der Waals surface area contributed by atoms with Gasteiger partial charge in [0.2, 0.25) is 5.91 Å². The summed E-state index contributed by atoms with van der Waals surface area (Å²) in [4.78, 5) is 51.0. The fraction of sp³-hybridized carbons (Fsp3) is 0.241. The smallest absolute Gasteiger partial charge is 0.453 e. The molecule has 2 N–H and O–H groups in total. The van der Waals surface area contributed by atoms with E-state index in [0.29, 0.717) is 0 Å². The molecule has 0 bridgehead atoms. The van der Waals surface area contributed by atoms with Crippen molar-refractivity contribution in [3.63, 3.8) is 0 Å². The number of carbonyl (C=O) groups is 3. The standard InChI is InChI=1S/C29H28F3N3O8/c1-5-11-40-28(38)33-19-8-7-16(13-18(19)30)21-14-20(36)23-26(34-22(37)9-10-35(3)4)24(31)17(25(32)27(23)43-21)15-42-29(39)41-12-6-2/h5-8,13-14H,1-2,9-12,15H2,3-4H3,(H,33,38)(H,34,37). The van der Waals surface area contributed by atoms with Gasteiger partial charge in [-0.15, -0.1) is 0 Å². The van der Waals surface area contributed by atoms with E-state index >= 15 is 8.78 Å². The second-order valence-corrected chi connectivity index (χ2v) is 9.11. The van der Waals surface area contributed by atoms with Gasteiger partial charge in [0.05, 0.1) is 22.3 Å². The number of benzene rings is 2. The van der Waals surface area contributed by atoms with E-state index in [1.54, 1.807) is 19.0 Å². The summed E-state index contributed by atoms with van der Waals surface area (Å²) in [6, 6.07) is 4.18. The molecule has 3 rings (SSSR count). The van der Waals surface area contributed by atoms with Crippen molar-refractivity contribution in [3.05, 3.63) is 82.8 Å². The first-order valence-corrected chi connectivity index (χ1v) is 12.6. The van der Waals surface area contributed by atoms with E-state index in [1.807, 2.05) is 0 Å². The number of hydrogen-bond donors (Lipinski definition) is 2. The third-order valence-corrected chi connectivity index (χ3v) is 5.67. The molecule has 228 valence electrons. The number of nitrogens with zero attached hydrogens (tertiary/aromatic N) is 1. The van der Waals surface area contributed by atoms with E-state index in [9.17, 15) is 23.6 Å². The first-order chi connectivity index (χ1) is 20.5. The zero-order valence-corrected chi connectivity index (χ0v) is 23.3. The summed E-state index contributed by atoms with van der Waals surface area (Å²) >= 11 is 0. The number of anilines is 2. The van der Waals surface area contributed by atoms with E-state index < -0.39 is 69.9 Å². The van der Waals surface area contributed by atoms with E-state index in [0.717, 1.165) is 18.2 Å². The van der Waals surface area contributed by atoms with Gasteiger partial charge in [0.25, 0.3) is 0 Å². The Balaban J connectivity index is 2.10. The normalized spacial score (nSPS) is 10.7. The molecule has 0 aliphatic rings. The largest absolute Gasteiger partial charge is 0.508 e. The Morgan fingerprint density at radius 2 is 1.67 bits per heavy atom. The molecule has 1 heterocycles. The van der Waals surface area contributed by atoms with Crippen molar-refractivity contribution in [2.45, 2.75) is 13.0 Å². The van der Waals surface area contributed by atoms with Gasteiger partial charge in [-0.05, 0) is 32.3 Å². The van der Waals surface area contributed by atoms with Crippen molar-refractivity contribution in [1.29, 1.82) is 0 Å². The van der Waals surface area contributed by atoms with Crippen LogP contribution in [0.1, 0.15) is 12.0 Å². The lowest BCUT2D eigenvalue weighted by atomic mass is 10.1. The minimum atomic E-state index is -1.40. The van der Waals surface area contributed by atoms with Crippen molar-refractivity contribution in [1.82, 2.24) is 4.90 Å². The molecule has 0 aliphatic carbocycles. The number of nitrogens with one attached hydrogen (secondary N) is 2. The van der Waals surface area contributed by atoms with Crippen LogP contribution in [0.5, 0.6) is 0 Å². The molecule has 43 heavy (non-hydrogen) atoms. The summed E-state index contributed by atoms with van der Waals surface area (Å²) in [5.41, 5.74) is -3.62. The summed E-state index contributed by atoms with van der Waals surface area (Å²) in [7, 11) is 3.41. The molecule has 0 spiro atoms. The lowest BCUT2D eigenvalue weighted by Crippen LogP contribution is -2.22. The highest BCUT2D eigenvalue weighted by Crippen LogP contribution is 2.34. The Morgan fingerprint density at radius 3 is 2.33 bits per heavy atom. The molecule has 11 nitrogen and oxygen atoms in total. The van der Waals surface area contributed by atoms with E-state index in [1.165, 1.54) is 18.2 Å². The number of amides is 2. The summed E-state index contributed by atoms with van der Waals surface area (Å²) in [6.07, 6.45) is 0.253. The number of hydrogen-bond acceptors (Lipinski definition) is 9. The molecule has 14 heteroatoms. The number of rotatable bonds is 12. The molecule has 0 radical (unpaired) electrons. The topological polar surface area (TPSA) is 136 Å². The van der Waals surface area contributed by atoms with Crippen molar-refractivity contribution in [3.8, 4) is 11.3 Å². The Kier molecular flexibility index (Phi) is 11.1. The molecule has 0 saturated carbocycles. The van der Waals surface area contributed by atoms with Crippen LogP contribution >= 0.6 is 0 Å². The molecule has 0 fully saturated rings. The van der Waals surface area contributed by atoms with Gasteiger partial charge in [0.1, 0.15) is 31.4 Å². The van der Waals surface area contributed by atoms with E-state index in [-0.39, 0.29) is 43.2 Å². The van der Waals surface area contributed by atoms with Gasteiger partial charge in [-0.3, -0.25) is 14.9 Å². The zero-order chi connectivity index (χ0) is 31.7. The number of fused-ring (bicyclic) bond motifs is 1. The summed E-state index contributed by atoms with van der Waals surface area (Å²) < 4.78 is 65.8. The number of ether oxygens (including phenoxy) is 3. The van der Waals surface area contributed by atoms with Crippen molar-refractivity contribution < 1.29 is 46.2 Å². The lowest BCUT2D eigenvalue weighted by Gasteiger charge is -2.16. The molecule has 0 aliphatic heterocycles. The second-order valence-electron chi connectivity index (χ2n) is 9.11. The van der Waals surface area contributed by atoms with Gasteiger partial charge in [0.15, 0.2) is 22.6 Å². The fourth-order valence-corrected chi connectivity index (χ4v) is 3.64. The number of carbonyl (C=O) groups excluding carboxylic acids is 3. The Bertz CT molecular complexity index is 1620. The minimum Gasteiger partial charge on any atom is -0.453 e. The first kappa shape index (κ1) is 32.4. The molecular formula is C29H28F3N3O8. The molecule has 3 aromatic rings. The van der Waals surface area contributed by atoms with Gasteiger partial charge in [-0.25, -0.2) is 22.8 Å². The molecule has 0 unspecified atom stereocenters. The van der Waals surface area contributed by atoms with Gasteiger partial charge in [-0.1, -0.05) is 25.3 Å². The predicted octanol–water partition coefficient (Wildman–Crippen LogP) is 5.34. The Morgan fingerprint density at radius 1 is 0.977 bits per heavy atom. The van der Waals surface area contributed by atoms with Gasteiger partial charge < -0.3 is 28.8 Å². The summed E-state index contributed by atoms with van der Waals surface area (Å²) in [5, 5.41) is 3.82. The summed E-state index contributed by atoms with van der Waals surface area (Å²) in [5.74, 6) is -4.75. The highest BCUT2D eigenvalue weighted by atomic mass is 19.1. The van der Waals surface area contributed by atoms with Gasteiger partial charge in [0, 0.05) is 24.6 Å². The average molecular weight is 604 g/mol. The van der Waals surface area contributed by atoms with Crippen molar-refractivity contribution in [2.24, 2.45) is 0 Å². The van der Waals surface area contributed by atoms with Gasteiger partial charge >= 0.3 is 12.2 Å². The van der Waals surface area contributed by atoms with Crippen LogP contribution in [0.3, 0.4) is 0 Å². The SMILES string of the molecule is C=CCOC(=O)Nc1ccc(-c2cc(=O)c3c(NC(=O)CCN(C)C)c(F)c(COC(=O)OCC=C)c(F)c3o2)cc1F. The molecule has 0 saturated heterocycles. The Hall–Kier alpha value is -5.11. The Labute approximate surface area is 243 Å². The van der Waals surface area contributed by atoms with E-state index in [4.69, 9.17) is 13.9 Å². The maximum atomic E-state index is 15.7. The van der Waals surface area contributed by atoms with Gasteiger partial charge in [-0.2, -0.15) is 0 Å². The van der Waals surface area contributed by atoms with Crippen molar-refractivity contribution in [2.75, 3.05) is 44.5 Å². The number of halogens is 3. The van der Waals surface area contributed by atoms with E-state index in [2.05, 4.69) is 28.5 Å². The fourth-order valence-electron chi connectivity index (χ4n) is 3.64. The van der Waals surface area contributed by atoms with Crippen LogP contribution in [0.15, 0.2) is 58.8 Å². The summed E-state index contributed by atoms with van der Waals surface area (Å²) in [6.45, 7) is 5.71. The molecule has 1 aromatic heterocycles. The lowest BCUT2D eigenvalue weighted by molar-refractivity contribution is -0.116. The monoisotopic (exact) mass is 603 g/mol. The van der Waals surface area contributed by atoms with Crippen LogP contribution < -0.4 is 16.1 Å². The van der Waals surface area contributed by atoms with Crippen LogP contribution in [-0.4, -0.2) is 56.9 Å². The highest BCUT2D eigenvalue weighted by molar-refractivity contribution is 6.01. The third-order valence-electron chi connectivity index (χ3n) is 5.67. The van der Waals surface area contributed by atoms with Crippen LogP contribution in [-0.2, 0) is 25.6 Å². The quantitative estimate of drug-likeness (QED) is 0.208. The molecule has 0 atom stereocenters. The maximum Gasteiger partial charge on any atom is 0.508 e. The third kappa shape index (κ3) is 8.23. The van der Waals surface area contributed by atoms with Crippen LogP contribution in [0.25, 0.3) is 22.3 Å². The zero-order valence-electron chi connectivity index (χ0n) is 23.3. The minimum absolute atomic E-state index is 0.0485. The van der Waals surface area contributed by atoms with Crippen molar-refractivity contribution >= 4 is 40.5 Å². The molecule has 2 aromatic carbocycles. The molecular weight excluding hydrogens is 575 g/mol. The predicted molar refractivity (Wildman–Crippen MR) is 151 cm³/mol. The van der Waals surface area contributed by atoms with Crippen LogP contribution in [0.2, 0.25) is 0 Å². The maximum absolute atomic E-state index is 15.7. The second kappa shape index (κ2) is 14.7. The average Bonchev–Trinajstić information content (AvgIpc) is 2.96.